The smallest absolute Gasteiger partial charge is 0.330 e. The van der Waals surface area contributed by atoms with E-state index < -0.39 is 17.2 Å². The van der Waals surface area contributed by atoms with Crippen LogP contribution in [0.4, 0.5) is 11.5 Å². The van der Waals surface area contributed by atoms with Crippen LogP contribution in [-0.2, 0) is 17.9 Å². The van der Waals surface area contributed by atoms with Crippen LogP contribution in [0.5, 0.6) is 0 Å². The molecule has 3 N–H and O–H groups in total. The van der Waals surface area contributed by atoms with E-state index in [1.54, 1.807) is 17.4 Å². The number of thiophene rings is 1. The van der Waals surface area contributed by atoms with Crippen LogP contribution in [0.25, 0.3) is 6.08 Å². The second-order valence-electron chi connectivity index (χ2n) is 7.76. The number of hydrogen-bond donors (Lipinski definition) is 2. The van der Waals surface area contributed by atoms with Crippen molar-refractivity contribution in [1.82, 2.24) is 9.55 Å². The molecule has 1 amide bonds. The Kier molecular flexibility index (Phi) is 6.89. The van der Waals surface area contributed by atoms with E-state index in [0.717, 1.165) is 20.9 Å². The minimum absolute atomic E-state index is 0.0589. The standard InChI is InChI=1S/C26H24N4O3S/c1-18-12-13-21(34-18)14-15-22(31)29(16-19-8-4-2-5-9-19)23-24(27)30(26(33)28-25(23)32)17-20-10-6-3-7-11-20/h2-15H,16-17,27H2,1H3,(H,28,32,33)/b15-14+. The fraction of sp³-hybridized carbons (Fsp3) is 0.115. The molecule has 0 aliphatic heterocycles. The number of aromatic nitrogens is 2. The van der Waals surface area contributed by atoms with E-state index in [2.05, 4.69) is 4.98 Å². The van der Waals surface area contributed by atoms with E-state index in [9.17, 15) is 14.4 Å². The van der Waals surface area contributed by atoms with Gasteiger partial charge in [-0.05, 0) is 36.3 Å². The van der Waals surface area contributed by atoms with E-state index >= 15 is 0 Å². The first kappa shape index (κ1) is 23.0. The van der Waals surface area contributed by atoms with Crippen LogP contribution < -0.4 is 21.9 Å². The van der Waals surface area contributed by atoms with Gasteiger partial charge in [-0.2, -0.15) is 0 Å². The van der Waals surface area contributed by atoms with Gasteiger partial charge in [-0.25, -0.2) is 4.79 Å². The number of nitrogens with zero attached hydrogens (tertiary/aromatic N) is 2. The van der Waals surface area contributed by atoms with Gasteiger partial charge in [0.25, 0.3) is 11.5 Å². The molecule has 0 atom stereocenters. The number of carbonyl (C=O) groups excluding carboxylic acids is 1. The van der Waals surface area contributed by atoms with Crippen LogP contribution in [0.15, 0.2) is 88.5 Å². The van der Waals surface area contributed by atoms with E-state index in [1.165, 1.54) is 15.5 Å². The number of H-pyrrole nitrogens is 1. The van der Waals surface area contributed by atoms with Crippen LogP contribution in [0.2, 0.25) is 0 Å². The molecular weight excluding hydrogens is 448 g/mol. The Hall–Kier alpha value is -4.17. The molecule has 0 aliphatic carbocycles. The molecule has 0 saturated carbocycles. The first-order valence-corrected chi connectivity index (χ1v) is 11.5. The summed E-state index contributed by atoms with van der Waals surface area (Å²) >= 11 is 1.56. The van der Waals surface area contributed by atoms with Crippen molar-refractivity contribution in [3.63, 3.8) is 0 Å². The number of carbonyl (C=O) groups is 1. The zero-order chi connectivity index (χ0) is 24.1. The van der Waals surface area contributed by atoms with Crippen molar-refractivity contribution in [1.29, 1.82) is 0 Å². The number of rotatable bonds is 7. The normalized spacial score (nSPS) is 11.1. The van der Waals surface area contributed by atoms with Crippen molar-refractivity contribution in [3.8, 4) is 0 Å². The largest absolute Gasteiger partial charge is 0.383 e. The average Bonchev–Trinajstić information content (AvgIpc) is 3.26. The number of nitrogens with one attached hydrogen (secondary N) is 1. The minimum atomic E-state index is -0.712. The summed E-state index contributed by atoms with van der Waals surface area (Å²) in [6, 6.07) is 22.5. The molecule has 172 valence electrons. The summed E-state index contributed by atoms with van der Waals surface area (Å²) in [5.41, 5.74) is 6.61. The van der Waals surface area contributed by atoms with Crippen molar-refractivity contribution in [2.75, 3.05) is 10.6 Å². The summed E-state index contributed by atoms with van der Waals surface area (Å²) in [7, 11) is 0. The third kappa shape index (κ3) is 5.24. The highest BCUT2D eigenvalue weighted by Gasteiger charge is 2.23. The molecule has 2 heterocycles. The highest BCUT2D eigenvalue weighted by Crippen LogP contribution is 2.22. The van der Waals surface area contributed by atoms with Gasteiger partial charge >= 0.3 is 5.69 Å². The molecule has 2 aromatic carbocycles. The number of anilines is 2. The fourth-order valence-corrected chi connectivity index (χ4v) is 4.36. The van der Waals surface area contributed by atoms with Gasteiger partial charge in [-0.1, -0.05) is 60.7 Å². The second kappa shape index (κ2) is 10.2. The van der Waals surface area contributed by atoms with Gasteiger partial charge in [0.2, 0.25) is 0 Å². The van der Waals surface area contributed by atoms with Crippen LogP contribution in [0.1, 0.15) is 20.9 Å². The lowest BCUT2D eigenvalue weighted by Gasteiger charge is -2.23. The van der Waals surface area contributed by atoms with Gasteiger partial charge in [0.05, 0.1) is 13.1 Å². The van der Waals surface area contributed by atoms with Gasteiger partial charge in [-0.15, -0.1) is 11.3 Å². The van der Waals surface area contributed by atoms with Crippen LogP contribution in [-0.4, -0.2) is 15.5 Å². The Bertz CT molecular complexity index is 1440. The van der Waals surface area contributed by atoms with E-state index in [4.69, 9.17) is 5.73 Å². The molecular formula is C26H24N4O3S. The molecule has 8 heteroatoms. The molecule has 7 nitrogen and oxygen atoms in total. The van der Waals surface area contributed by atoms with E-state index in [-0.39, 0.29) is 24.6 Å². The summed E-state index contributed by atoms with van der Waals surface area (Å²) in [6.07, 6.45) is 3.13. The quantitative estimate of drug-likeness (QED) is 0.400. The van der Waals surface area contributed by atoms with Crippen molar-refractivity contribution < 1.29 is 4.79 Å². The summed E-state index contributed by atoms with van der Waals surface area (Å²) in [5.74, 6) is -0.487. The first-order valence-electron chi connectivity index (χ1n) is 10.7. The maximum atomic E-state index is 13.3. The second-order valence-corrected chi connectivity index (χ2v) is 9.08. The third-order valence-electron chi connectivity index (χ3n) is 5.27. The Morgan fingerprint density at radius 2 is 1.65 bits per heavy atom. The lowest BCUT2D eigenvalue weighted by molar-refractivity contribution is -0.114. The number of nitrogen functional groups attached to an aromatic ring is 1. The highest BCUT2D eigenvalue weighted by molar-refractivity contribution is 7.12. The summed E-state index contributed by atoms with van der Waals surface area (Å²) in [5, 5.41) is 0. The minimum Gasteiger partial charge on any atom is -0.383 e. The Morgan fingerprint density at radius 3 is 2.26 bits per heavy atom. The van der Waals surface area contributed by atoms with Crippen LogP contribution in [0.3, 0.4) is 0 Å². The topological polar surface area (TPSA) is 101 Å². The molecule has 0 spiro atoms. The number of benzene rings is 2. The number of nitrogens with two attached hydrogens (primary N) is 1. The summed E-state index contributed by atoms with van der Waals surface area (Å²) in [4.78, 5) is 44.5. The van der Waals surface area contributed by atoms with Crippen molar-refractivity contribution in [2.45, 2.75) is 20.0 Å². The molecule has 4 rings (SSSR count). The molecule has 0 fully saturated rings. The molecule has 0 unspecified atom stereocenters. The van der Waals surface area contributed by atoms with Gasteiger partial charge < -0.3 is 5.73 Å². The lowest BCUT2D eigenvalue weighted by atomic mass is 10.2. The van der Waals surface area contributed by atoms with Gasteiger partial charge in [0.1, 0.15) is 5.82 Å². The Morgan fingerprint density at radius 1 is 1.00 bits per heavy atom. The van der Waals surface area contributed by atoms with Gasteiger partial charge in [-0.3, -0.25) is 24.0 Å². The predicted octanol–water partition coefficient (Wildman–Crippen LogP) is 3.78. The lowest BCUT2D eigenvalue weighted by Crippen LogP contribution is -2.40. The van der Waals surface area contributed by atoms with Crippen molar-refractivity contribution in [3.05, 3.63) is 121 Å². The third-order valence-corrected chi connectivity index (χ3v) is 6.23. The number of aryl methyl sites for hydroxylation is 1. The molecule has 0 saturated heterocycles. The monoisotopic (exact) mass is 472 g/mol. The Labute approximate surface area is 200 Å². The van der Waals surface area contributed by atoms with E-state index in [0.29, 0.717) is 0 Å². The van der Waals surface area contributed by atoms with Crippen molar-refractivity contribution >= 4 is 34.8 Å². The zero-order valence-electron chi connectivity index (χ0n) is 18.6. The van der Waals surface area contributed by atoms with Crippen molar-refractivity contribution in [2.24, 2.45) is 0 Å². The maximum absolute atomic E-state index is 13.3. The van der Waals surface area contributed by atoms with Crippen LogP contribution >= 0.6 is 11.3 Å². The molecule has 0 bridgehead atoms. The number of aromatic amines is 1. The molecule has 34 heavy (non-hydrogen) atoms. The zero-order valence-corrected chi connectivity index (χ0v) is 19.4. The highest BCUT2D eigenvalue weighted by atomic mass is 32.1. The van der Waals surface area contributed by atoms with Crippen LogP contribution in [0, 0.1) is 6.92 Å². The Balaban J connectivity index is 1.77. The van der Waals surface area contributed by atoms with E-state index in [1.807, 2.05) is 79.7 Å². The SMILES string of the molecule is Cc1ccc(/C=C/C(=O)N(Cc2ccccc2)c2c(N)n(Cc3ccccc3)c(=O)[nH]c2=O)s1. The number of amides is 1. The maximum Gasteiger partial charge on any atom is 0.330 e. The number of hydrogen-bond acceptors (Lipinski definition) is 5. The summed E-state index contributed by atoms with van der Waals surface area (Å²) in [6.45, 7) is 2.26. The fourth-order valence-electron chi connectivity index (χ4n) is 3.58. The average molecular weight is 473 g/mol. The molecule has 2 aromatic heterocycles. The first-order chi connectivity index (χ1) is 16.4. The molecule has 4 aromatic rings. The van der Waals surface area contributed by atoms with Gasteiger partial charge in [0, 0.05) is 15.8 Å². The molecule has 0 radical (unpaired) electrons. The van der Waals surface area contributed by atoms with Gasteiger partial charge in [0.15, 0.2) is 5.69 Å². The summed E-state index contributed by atoms with van der Waals surface area (Å²) < 4.78 is 1.27. The predicted molar refractivity (Wildman–Crippen MR) is 137 cm³/mol. The molecule has 0 aliphatic rings.